The lowest BCUT2D eigenvalue weighted by molar-refractivity contribution is -0.118. The van der Waals surface area contributed by atoms with E-state index in [1.54, 1.807) is 24.3 Å². The first-order chi connectivity index (χ1) is 10.8. The number of carbonyl (C=O) groups excluding carboxylic acids is 2. The number of hydrogen-bond donors (Lipinski definition) is 1. The Hall–Kier alpha value is -1.87. The summed E-state index contributed by atoms with van der Waals surface area (Å²) in [6.07, 6.45) is 11.3. The third kappa shape index (κ3) is 8.99. The maximum Gasteiger partial charge on any atom is 0.158 e. The van der Waals surface area contributed by atoms with Crippen LogP contribution in [0.4, 0.5) is 0 Å². The van der Waals surface area contributed by atoms with Crippen LogP contribution in [0.1, 0.15) is 20.3 Å². The third-order valence-electron chi connectivity index (χ3n) is 3.48. The fourth-order valence-corrected chi connectivity index (χ4v) is 2.03. The van der Waals surface area contributed by atoms with E-state index in [1.807, 2.05) is 19.9 Å². The molecule has 0 unspecified atom stereocenters. The molecule has 0 aromatic heterocycles. The van der Waals surface area contributed by atoms with Crippen molar-refractivity contribution in [1.29, 1.82) is 0 Å². The number of carbonyl (C=O) groups is 2. The molecule has 0 N–H and O–H groups in total. The highest BCUT2D eigenvalue weighted by molar-refractivity contribution is 7.80. The van der Waals surface area contributed by atoms with Crippen molar-refractivity contribution < 1.29 is 9.59 Å². The fourth-order valence-electron chi connectivity index (χ4n) is 1.93. The Morgan fingerprint density at radius 1 is 1.00 bits per heavy atom. The topological polar surface area (TPSA) is 34.1 Å². The lowest BCUT2D eigenvalue weighted by Crippen LogP contribution is -2.13. The maximum absolute atomic E-state index is 12.1. The normalized spacial score (nSPS) is 14.2. The second-order valence-corrected chi connectivity index (χ2v) is 5.84. The fraction of sp³-hybridized carbons (Fsp3) is 0.300. The van der Waals surface area contributed by atoms with Crippen molar-refractivity contribution >= 4 is 24.7 Å². The van der Waals surface area contributed by atoms with Gasteiger partial charge in [0.2, 0.25) is 0 Å². The molecular weight excluding hydrogens is 304 g/mol. The van der Waals surface area contributed by atoms with Gasteiger partial charge in [0.1, 0.15) is 6.29 Å². The van der Waals surface area contributed by atoms with Crippen LogP contribution in [0.15, 0.2) is 72.9 Å². The number of thiol groups is 1. The number of allylic oxidation sites excluding steroid dienone is 8. The highest BCUT2D eigenvalue weighted by Crippen LogP contribution is 2.24. The van der Waals surface area contributed by atoms with E-state index in [9.17, 15) is 9.59 Å². The van der Waals surface area contributed by atoms with Crippen LogP contribution >= 0.6 is 12.6 Å². The van der Waals surface area contributed by atoms with Gasteiger partial charge in [-0.05, 0) is 41.2 Å². The van der Waals surface area contributed by atoms with Gasteiger partial charge in [0.15, 0.2) is 5.78 Å². The van der Waals surface area contributed by atoms with Gasteiger partial charge in [-0.15, -0.1) is 0 Å². The predicted octanol–water partition coefficient (Wildman–Crippen LogP) is 4.68. The molecule has 0 saturated carbocycles. The van der Waals surface area contributed by atoms with E-state index in [-0.39, 0.29) is 17.6 Å². The number of aldehydes is 1. The summed E-state index contributed by atoms with van der Waals surface area (Å²) in [6.45, 7) is 15.6. The molecule has 23 heavy (non-hydrogen) atoms. The first-order valence-corrected chi connectivity index (χ1v) is 8.13. The molecule has 0 heterocycles. The minimum Gasteiger partial charge on any atom is -0.299 e. The monoisotopic (exact) mass is 330 g/mol. The highest BCUT2D eigenvalue weighted by atomic mass is 32.1. The zero-order valence-electron chi connectivity index (χ0n) is 14.0. The molecule has 0 spiro atoms. The third-order valence-corrected chi connectivity index (χ3v) is 3.89. The summed E-state index contributed by atoms with van der Waals surface area (Å²) < 4.78 is 0. The van der Waals surface area contributed by atoms with Crippen LogP contribution in [0, 0.1) is 11.8 Å². The SMILES string of the molecule is C=C(/C=C/C=C/C(=O)[C@H](C)C[C@H](C)C(=C)C(=C)/C=C/C=O)CS. The van der Waals surface area contributed by atoms with E-state index >= 15 is 0 Å². The molecule has 0 aliphatic heterocycles. The van der Waals surface area contributed by atoms with Crippen molar-refractivity contribution in [3.63, 3.8) is 0 Å². The van der Waals surface area contributed by atoms with E-state index < -0.39 is 0 Å². The summed E-state index contributed by atoms with van der Waals surface area (Å²) in [5, 5.41) is 0. The summed E-state index contributed by atoms with van der Waals surface area (Å²) in [5.74, 6) is 0.671. The molecule has 124 valence electrons. The molecule has 0 fully saturated rings. The molecule has 0 aliphatic carbocycles. The molecule has 3 heteroatoms. The van der Waals surface area contributed by atoms with Crippen molar-refractivity contribution in [2.75, 3.05) is 5.75 Å². The Morgan fingerprint density at radius 2 is 1.61 bits per heavy atom. The van der Waals surface area contributed by atoms with Gasteiger partial charge in [-0.25, -0.2) is 0 Å². The van der Waals surface area contributed by atoms with Gasteiger partial charge >= 0.3 is 0 Å². The van der Waals surface area contributed by atoms with Gasteiger partial charge < -0.3 is 0 Å². The van der Waals surface area contributed by atoms with Crippen LogP contribution < -0.4 is 0 Å². The Kier molecular flexibility index (Phi) is 10.7. The first kappa shape index (κ1) is 21.1. The summed E-state index contributed by atoms with van der Waals surface area (Å²) in [6, 6.07) is 0. The molecule has 0 saturated heterocycles. The summed E-state index contributed by atoms with van der Waals surface area (Å²) in [4.78, 5) is 22.4. The second kappa shape index (κ2) is 11.7. The van der Waals surface area contributed by atoms with Crippen molar-refractivity contribution in [1.82, 2.24) is 0 Å². The summed E-state index contributed by atoms with van der Waals surface area (Å²) in [5.41, 5.74) is 2.45. The molecule has 0 radical (unpaired) electrons. The lowest BCUT2D eigenvalue weighted by Gasteiger charge is -2.18. The van der Waals surface area contributed by atoms with Gasteiger partial charge in [-0.3, -0.25) is 9.59 Å². The van der Waals surface area contributed by atoms with E-state index in [1.165, 1.54) is 6.08 Å². The minimum absolute atomic E-state index is 0.0693. The number of hydrogen-bond acceptors (Lipinski definition) is 3. The van der Waals surface area contributed by atoms with Crippen molar-refractivity contribution in [3.05, 3.63) is 72.9 Å². The Balaban J connectivity index is 4.53. The number of rotatable bonds is 11. The Bertz CT molecular complexity index is 550. The number of ketones is 1. The van der Waals surface area contributed by atoms with Gasteiger partial charge in [0.05, 0.1) is 0 Å². The first-order valence-electron chi connectivity index (χ1n) is 7.50. The highest BCUT2D eigenvalue weighted by Gasteiger charge is 2.16. The molecule has 0 aromatic rings. The molecule has 0 amide bonds. The smallest absolute Gasteiger partial charge is 0.158 e. The standard InChI is InChI=1S/C20H26O2S/c1-15(14-23)9-6-7-11-20(22)18(4)13-17(3)19(5)16(2)10-8-12-21/h6-12,17-18,23H,1-2,5,13-14H2,3-4H3/b9-6+,10-8+,11-7+/t17-,18+/m0/s1. The van der Waals surface area contributed by atoms with Crippen molar-refractivity contribution in [3.8, 4) is 0 Å². The zero-order valence-corrected chi connectivity index (χ0v) is 14.9. The molecule has 0 bridgehead atoms. The van der Waals surface area contributed by atoms with Crippen LogP contribution in [-0.2, 0) is 9.59 Å². The van der Waals surface area contributed by atoms with Crippen LogP contribution in [0.5, 0.6) is 0 Å². The van der Waals surface area contributed by atoms with Gasteiger partial charge in [0, 0.05) is 11.7 Å². The molecule has 2 nitrogen and oxygen atoms in total. The Labute approximate surface area is 145 Å². The average molecular weight is 330 g/mol. The van der Waals surface area contributed by atoms with E-state index in [0.29, 0.717) is 24.0 Å². The maximum atomic E-state index is 12.1. The van der Waals surface area contributed by atoms with Crippen LogP contribution in [0.2, 0.25) is 0 Å². The quantitative estimate of drug-likeness (QED) is 0.258. The minimum atomic E-state index is -0.109. The van der Waals surface area contributed by atoms with Crippen LogP contribution in [0.25, 0.3) is 0 Å². The van der Waals surface area contributed by atoms with Crippen LogP contribution in [-0.4, -0.2) is 17.8 Å². The van der Waals surface area contributed by atoms with E-state index in [0.717, 1.165) is 11.1 Å². The van der Waals surface area contributed by atoms with Crippen LogP contribution in [0.3, 0.4) is 0 Å². The zero-order chi connectivity index (χ0) is 17.8. The Morgan fingerprint density at radius 3 is 2.17 bits per heavy atom. The molecule has 0 rings (SSSR count). The second-order valence-electron chi connectivity index (χ2n) is 5.52. The summed E-state index contributed by atoms with van der Waals surface area (Å²) >= 11 is 4.10. The van der Waals surface area contributed by atoms with Gasteiger partial charge in [-0.1, -0.05) is 57.9 Å². The molecule has 0 aromatic carbocycles. The molecular formula is C20H26O2S. The summed E-state index contributed by atoms with van der Waals surface area (Å²) in [7, 11) is 0. The average Bonchev–Trinajstić information content (AvgIpc) is 2.54. The van der Waals surface area contributed by atoms with E-state index in [2.05, 4.69) is 32.4 Å². The lowest BCUT2D eigenvalue weighted by atomic mass is 9.86. The molecule has 2 atom stereocenters. The molecule has 0 aliphatic rings. The predicted molar refractivity (Wildman–Crippen MR) is 103 cm³/mol. The van der Waals surface area contributed by atoms with Crippen molar-refractivity contribution in [2.24, 2.45) is 11.8 Å². The van der Waals surface area contributed by atoms with Crippen molar-refractivity contribution in [2.45, 2.75) is 20.3 Å². The van der Waals surface area contributed by atoms with E-state index in [4.69, 9.17) is 0 Å². The van der Waals surface area contributed by atoms with Gasteiger partial charge in [0.25, 0.3) is 0 Å². The van der Waals surface area contributed by atoms with Gasteiger partial charge in [-0.2, -0.15) is 12.6 Å². The largest absolute Gasteiger partial charge is 0.299 e.